The number of ether oxygens (including phenoxy) is 2. The van der Waals surface area contributed by atoms with Gasteiger partial charge in [0, 0.05) is 0 Å². The minimum atomic E-state index is -2.94. The van der Waals surface area contributed by atoms with Crippen LogP contribution >= 0.6 is 0 Å². The van der Waals surface area contributed by atoms with E-state index in [4.69, 9.17) is 4.74 Å². The molecule has 2 aromatic rings. The number of esters is 1. The smallest absolute Gasteiger partial charge is 0.387 e. The number of carbonyl (C=O) groups is 2. The van der Waals surface area contributed by atoms with Crippen molar-refractivity contribution in [3.05, 3.63) is 65.7 Å². The molecule has 7 heteroatoms. The SMILES string of the molecule is C[C@H](NC(=O)COC(=O)c1ccc(OC(F)F)cc1)c1ccccc1. The highest BCUT2D eigenvalue weighted by atomic mass is 19.3. The van der Waals surface area contributed by atoms with Crippen molar-refractivity contribution in [1.29, 1.82) is 0 Å². The van der Waals surface area contributed by atoms with Crippen molar-refractivity contribution < 1.29 is 27.8 Å². The number of nitrogens with one attached hydrogen (secondary N) is 1. The minimum absolute atomic E-state index is 0.0685. The van der Waals surface area contributed by atoms with Gasteiger partial charge in [-0.15, -0.1) is 0 Å². The summed E-state index contributed by atoms with van der Waals surface area (Å²) < 4.78 is 33.2. The zero-order chi connectivity index (χ0) is 18.2. The second-order valence-electron chi connectivity index (χ2n) is 5.18. The normalized spacial score (nSPS) is 11.7. The number of carbonyl (C=O) groups excluding carboxylic acids is 2. The van der Waals surface area contributed by atoms with Gasteiger partial charge in [-0.25, -0.2) is 4.79 Å². The minimum Gasteiger partial charge on any atom is -0.452 e. The van der Waals surface area contributed by atoms with Gasteiger partial charge in [0.2, 0.25) is 0 Å². The summed E-state index contributed by atoms with van der Waals surface area (Å²) in [5, 5.41) is 2.71. The van der Waals surface area contributed by atoms with Crippen LogP contribution in [0.4, 0.5) is 8.78 Å². The van der Waals surface area contributed by atoms with Gasteiger partial charge in [0.05, 0.1) is 11.6 Å². The first kappa shape index (κ1) is 18.4. The third-order valence-corrected chi connectivity index (χ3v) is 3.33. The maximum absolute atomic E-state index is 12.1. The predicted molar refractivity (Wildman–Crippen MR) is 86.4 cm³/mol. The maximum Gasteiger partial charge on any atom is 0.387 e. The molecule has 0 radical (unpaired) electrons. The molecule has 0 spiro atoms. The number of rotatable bonds is 7. The molecule has 0 aromatic heterocycles. The number of hydrogen-bond acceptors (Lipinski definition) is 4. The second-order valence-corrected chi connectivity index (χ2v) is 5.18. The Morgan fingerprint density at radius 2 is 1.68 bits per heavy atom. The average molecular weight is 349 g/mol. The molecular formula is C18H17F2NO4. The number of amides is 1. The van der Waals surface area contributed by atoms with Crippen LogP contribution < -0.4 is 10.1 Å². The fraction of sp³-hybridized carbons (Fsp3) is 0.222. The van der Waals surface area contributed by atoms with E-state index in [0.29, 0.717) is 0 Å². The molecule has 0 aliphatic heterocycles. The average Bonchev–Trinajstić information content (AvgIpc) is 2.60. The molecule has 0 saturated carbocycles. The van der Waals surface area contributed by atoms with Gasteiger partial charge in [0.25, 0.3) is 5.91 Å². The van der Waals surface area contributed by atoms with E-state index in [1.54, 1.807) is 0 Å². The molecule has 0 heterocycles. The van der Waals surface area contributed by atoms with Crippen LogP contribution in [-0.4, -0.2) is 25.1 Å². The Morgan fingerprint density at radius 3 is 2.28 bits per heavy atom. The highest BCUT2D eigenvalue weighted by molar-refractivity contribution is 5.91. The molecule has 25 heavy (non-hydrogen) atoms. The van der Waals surface area contributed by atoms with E-state index in [1.165, 1.54) is 24.3 Å². The van der Waals surface area contributed by atoms with E-state index in [1.807, 2.05) is 37.3 Å². The highest BCUT2D eigenvalue weighted by Crippen LogP contribution is 2.15. The topological polar surface area (TPSA) is 64.6 Å². The number of alkyl halides is 2. The Balaban J connectivity index is 1.82. The van der Waals surface area contributed by atoms with E-state index < -0.39 is 25.1 Å². The van der Waals surface area contributed by atoms with Crippen LogP contribution in [0.5, 0.6) is 5.75 Å². The first-order valence-electron chi connectivity index (χ1n) is 7.52. The summed E-state index contributed by atoms with van der Waals surface area (Å²) in [4.78, 5) is 23.7. The van der Waals surface area contributed by atoms with Crippen molar-refractivity contribution in [3.8, 4) is 5.75 Å². The van der Waals surface area contributed by atoms with E-state index in [2.05, 4.69) is 10.1 Å². The molecular weight excluding hydrogens is 332 g/mol. The number of benzene rings is 2. The lowest BCUT2D eigenvalue weighted by atomic mass is 10.1. The first-order valence-corrected chi connectivity index (χ1v) is 7.52. The van der Waals surface area contributed by atoms with Gasteiger partial charge in [-0.2, -0.15) is 8.78 Å². The zero-order valence-corrected chi connectivity index (χ0v) is 13.4. The van der Waals surface area contributed by atoms with Crippen molar-refractivity contribution in [2.24, 2.45) is 0 Å². The van der Waals surface area contributed by atoms with Crippen LogP contribution in [-0.2, 0) is 9.53 Å². The summed E-state index contributed by atoms with van der Waals surface area (Å²) in [5.74, 6) is -1.24. The van der Waals surface area contributed by atoms with E-state index in [0.717, 1.165) is 5.56 Å². The fourth-order valence-electron chi connectivity index (χ4n) is 2.10. The summed E-state index contributed by atoms with van der Waals surface area (Å²) in [5.41, 5.74) is 1.06. The van der Waals surface area contributed by atoms with Crippen LogP contribution in [0.15, 0.2) is 54.6 Å². The van der Waals surface area contributed by atoms with Crippen LogP contribution in [0.2, 0.25) is 0 Å². The molecule has 0 saturated heterocycles. The Kier molecular flexibility index (Phi) is 6.45. The number of halogens is 2. The first-order chi connectivity index (χ1) is 12.0. The molecule has 1 atom stereocenters. The van der Waals surface area contributed by atoms with Crippen molar-refractivity contribution in [2.45, 2.75) is 19.6 Å². The summed E-state index contributed by atoms with van der Waals surface area (Å²) in [6, 6.07) is 14.1. The Labute approximate surface area is 143 Å². The van der Waals surface area contributed by atoms with Crippen molar-refractivity contribution >= 4 is 11.9 Å². The molecule has 1 amide bonds. The summed E-state index contributed by atoms with van der Waals surface area (Å²) >= 11 is 0. The molecule has 5 nitrogen and oxygen atoms in total. The molecule has 0 aliphatic carbocycles. The third-order valence-electron chi connectivity index (χ3n) is 3.33. The summed E-state index contributed by atoms with van der Waals surface area (Å²) in [6.45, 7) is -1.56. The Hall–Kier alpha value is -2.96. The van der Waals surface area contributed by atoms with Crippen molar-refractivity contribution in [3.63, 3.8) is 0 Å². The largest absolute Gasteiger partial charge is 0.452 e. The van der Waals surface area contributed by atoms with Crippen LogP contribution in [0.25, 0.3) is 0 Å². The molecule has 2 aromatic carbocycles. The third kappa shape index (κ3) is 5.87. The lowest BCUT2D eigenvalue weighted by molar-refractivity contribution is -0.124. The highest BCUT2D eigenvalue weighted by Gasteiger charge is 2.13. The van der Waals surface area contributed by atoms with Crippen LogP contribution in [0.1, 0.15) is 28.9 Å². The van der Waals surface area contributed by atoms with Gasteiger partial charge in [-0.05, 0) is 36.8 Å². The lowest BCUT2D eigenvalue weighted by Crippen LogP contribution is -2.31. The van der Waals surface area contributed by atoms with Gasteiger partial charge in [0.1, 0.15) is 5.75 Å². The van der Waals surface area contributed by atoms with E-state index >= 15 is 0 Å². The van der Waals surface area contributed by atoms with Crippen molar-refractivity contribution in [1.82, 2.24) is 5.32 Å². The Bertz CT molecular complexity index is 705. The van der Waals surface area contributed by atoms with Gasteiger partial charge in [-0.3, -0.25) is 4.79 Å². The summed E-state index contributed by atoms with van der Waals surface area (Å²) in [7, 11) is 0. The maximum atomic E-state index is 12.1. The lowest BCUT2D eigenvalue weighted by Gasteiger charge is -2.14. The molecule has 0 fully saturated rings. The summed E-state index contributed by atoms with van der Waals surface area (Å²) in [6.07, 6.45) is 0. The van der Waals surface area contributed by atoms with Gasteiger partial charge in [0.15, 0.2) is 6.61 Å². The van der Waals surface area contributed by atoms with Gasteiger partial charge in [-0.1, -0.05) is 30.3 Å². The van der Waals surface area contributed by atoms with E-state index in [-0.39, 0.29) is 17.4 Å². The van der Waals surface area contributed by atoms with E-state index in [9.17, 15) is 18.4 Å². The standard InChI is InChI=1S/C18H17F2NO4/c1-12(13-5-3-2-4-6-13)21-16(22)11-24-17(23)14-7-9-15(10-8-14)25-18(19)20/h2-10,12,18H,11H2,1H3,(H,21,22)/t12-/m0/s1. The fourth-order valence-corrected chi connectivity index (χ4v) is 2.10. The number of hydrogen-bond donors (Lipinski definition) is 1. The molecule has 132 valence electrons. The quantitative estimate of drug-likeness (QED) is 0.779. The predicted octanol–water partition coefficient (Wildman–Crippen LogP) is 3.32. The molecule has 2 rings (SSSR count). The monoisotopic (exact) mass is 349 g/mol. The van der Waals surface area contributed by atoms with Gasteiger partial charge < -0.3 is 14.8 Å². The molecule has 0 bridgehead atoms. The van der Waals surface area contributed by atoms with Crippen LogP contribution in [0, 0.1) is 0 Å². The molecule has 1 N–H and O–H groups in total. The zero-order valence-electron chi connectivity index (χ0n) is 13.4. The second kappa shape index (κ2) is 8.77. The molecule has 0 aliphatic rings. The van der Waals surface area contributed by atoms with Crippen molar-refractivity contribution in [2.75, 3.05) is 6.61 Å². The van der Waals surface area contributed by atoms with Gasteiger partial charge >= 0.3 is 12.6 Å². The van der Waals surface area contributed by atoms with Crippen LogP contribution in [0.3, 0.4) is 0 Å². The molecule has 0 unspecified atom stereocenters. The Morgan fingerprint density at radius 1 is 1.04 bits per heavy atom.